The number of carbonyl (C=O) groups is 1. The first-order chi connectivity index (χ1) is 12.9. The highest BCUT2D eigenvalue weighted by molar-refractivity contribution is 5.92. The lowest BCUT2D eigenvalue weighted by Crippen LogP contribution is -2.34. The molecule has 0 bridgehead atoms. The van der Waals surface area contributed by atoms with E-state index in [1.165, 1.54) is 5.56 Å². The van der Waals surface area contributed by atoms with Gasteiger partial charge in [-0.05, 0) is 56.5 Å². The number of amides is 1. The van der Waals surface area contributed by atoms with Gasteiger partial charge in [-0.1, -0.05) is 0 Å². The van der Waals surface area contributed by atoms with Crippen LogP contribution in [-0.2, 0) is 13.0 Å². The highest BCUT2D eigenvalue weighted by Crippen LogP contribution is 2.33. The third-order valence-corrected chi connectivity index (χ3v) is 4.50. The molecule has 7 nitrogen and oxygen atoms in total. The van der Waals surface area contributed by atoms with Crippen LogP contribution in [0.15, 0.2) is 18.2 Å². The molecular formula is C20H26N4O3. The standard InChI is InChI=1S/C20H26N4O3/c1-12(2)21-19(25)16-8-13(3)22-20(23-16)24-7-6-14-9-17(26-4)18(27-5)10-15(14)11-24/h8-10,12H,6-7,11H2,1-5H3,(H,21,25). The van der Waals surface area contributed by atoms with Crippen molar-refractivity contribution in [3.63, 3.8) is 0 Å². The minimum absolute atomic E-state index is 0.0560. The van der Waals surface area contributed by atoms with Crippen molar-refractivity contribution in [2.75, 3.05) is 25.7 Å². The second-order valence-electron chi connectivity index (χ2n) is 6.97. The number of ether oxygens (including phenoxy) is 2. The number of hydrogen-bond acceptors (Lipinski definition) is 6. The Labute approximate surface area is 159 Å². The molecule has 1 aliphatic heterocycles. The third kappa shape index (κ3) is 4.13. The molecular weight excluding hydrogens is 344 g/mol. The minimum atomic E-state index is -0.180. The monoisotopic (exact) mass is 370 g/mol. The van der Waals surface area contributed by atoms with Crippen molar-refractivity contribution in [1.82, 2.24) is 15.3 Å². The van der Waals surface area contributed by atoms with Crippen LogP contribution < -0.4 is 19.7 Å². The Kier molecular flexibility index (Phi) is 5.48. The van der Waals surface area contributed by atoms with Crippen molar-refractivity contribution in [2.24, 2.45) is 0 Å². The number of fused-ring (bicyclic) bond motifs is 1. The van der Waals surface area contributed by atoms with Crippen molar-refractivity contribution in [3.05, 3.63) is 40.7 Å². The molecule has 0 saturated heterocycles. The quantitative estimate of drug-likeness (QED) is 0.871. The predicted molar refractivity (Wildman–Crippen MR) is 104 cm³/mol. The Balaban J connectivity index is 1.88. The van der Waals surface area contributed by atoms with Crippen molar-refractivity contribution >= 4 is 11.9 Å². The Hall–Kier alpha value is -2.83. The summed E-state index contributed by atoms with van der Waals surface area (Å²) in [6.07, 6.45) is 0.848. The first-order valence-electron chi connectivity index (χ1n) is 9.06. The van der Waals surface area contributed by atoms with E-state index in [9.17, 15) is 4.79 Å². The van der Waals surface area contributed by atoms with E-state index in [1.807, 2.05) is 32.9 Å². The molecule has 0 aliphatic carbocycles. The zero-order chi connectivity index (χ0) is 19.6. The van der Waals surface area contributed by atoms with Gasteiger partial charge in [0.15, 0.2) is 11.5 Å². The smallest absolute Gasteiger partial charge is 0.270 e. The summed E-state index contributed by atoms with van der Waals surface area (Å²) < 4.78 is 10.8. The first-order valence-corrected chi connectivity index (χ1v) is 9.06. The van der Waals surface area contributed by atoms with Gasteiger partial charge in [0.2, 0.25) is 5.95 Å². The van der Waals surface area contributed by atoms with Crippen molar-refractivity contribution in [3.8, 4) is 11.5 Å². The summed E-state index contributed by atoms with van der Waals surface area (Å²) in [5, 5.41) is 2.88. The van der Waals surface area contributed by atoms with Gasteiger partial charge >= 0.3 is 0 Å². The van der Waals surface area contributed by atoms with E-state index >= 15 is 0 Å². The lowest BCUT2D eigenvalue weighted by atomic mass is 9.99. The van der Waals surface area contributed by atoms with Gasteiger partial charge in [0.05, 0.1) is 14.2 Å². The van der Waals surface area contributed by atoms with Crippen LogP contribution in [0.4, 0.5) is 5.95 Å². The van der Waals surface area contributed by atoms with Gasteiger partial charge in [-0.25, -0.2) is 9.97 Å². The van der Waals surface area contributed by atoms with E-state index in [4.69, 9.17) is 9.47 Å². The van der Waals surface area contributed by atoms with E-state index in [0.29, 0.717) is 23.9 Å². The van der Waals surface area contributed by atoms with Crippen LogP contribution in [0, 0.1) is 6.92 Å². The predicted octanol–water partition coefficient (Wildman–Crippen LogP) is 2.50. The molecule has 1 amide bonds. The lowest BCUT2D eigenvalue weighted by Gasteiger charge is -2.30. The van der Waals surface area contributed by atoms with E-state index in [2.05, 4.69) is 20.2 Å². The van der Waals surface area contributed by atoms with Gasteiger partial charge in [0, 0.05) is 24.8 Å². The van der Waals surface area contributed by atoms with Gasteiger partial charge in [0.1, 0.15) is 5.69 Å². The van der Waals surface area contributed by atoms with E-state index < -0.39 is 0 Å². The van der Waals surface area contributed by atoms with E-state index in [0.717, 1.165) is 30.0 Å². The molecule has 0 fully saturated rings. The molecule has 3 rings (SSSR count). The number of nitrogens with zero attached hydrogens (tertiary/aromatic N) is 3. The average molecular weight is 370 g/mol. The van der Waals surface area contributed by atoms with Gasteiger partial charge in [-0.2, -0.15) is 0 Å². The second kappa shape index (κ2) is 7.82. The maximum Gasteiger partial charge on any atom is 0.270 e. The number of nitrogens with one attached hydrogen (secondary N) is 1. The largest absolute Gasteiger partial charge is 0.493 e. The highest BCUT2D eigenvalue weighted by atomic mass is 16.5. The molecule has 0 atom stereocenters. The van der Waals surface area contributed by atoms with E-state index in [1.54, 1.807) is 20.3 Å². The molecule has 1 aliphatic rings. The Morgan fingerprint density at radius 1 is 1.11 bits per heavy atom. The number of aromatic nitrogens is 2. The summed E-state index contributed by atoms with van der Waals surface area (Å²) in [5.74, 6) is 1.84. The molecule has 1 N–H and O–H groups in total. The molecule has 0 spiro atoms. The number of aryl methyl sites for hydroxylation is 1. The maximum absolute atomic E-state index is 12.3. The van der Waals surface area contributed by atoms with Gasteiger partial charge in [-0.15, -0.1) is 0 Å². The Morgan fingerprint density at radius 3 is 2.41 bits per heavy atom. The van der Waals surface area contributed by atoms with Crippen molar-refractivity contribution in [1.29, 1.82) is 0 Å². The fourth-order valence-corrected chi connectivity index (χ4v) is 3.20. The lowest BCUT2D eigenvalue weighted by molar-refractivity contribution is 0.0938. The average Bonchev–Trinajstić information content (AvgIpc) is 2.65. The molecule has 7 heteroatoms. The minimum Gasteiger partial charge on any atom is -0.493 e. The van der Waals surface area contributed by atoms with Crippen molar-refractivity contribution in [2.45, 2.75) is 39.8 Å². The zero-order valence-electron chi connectivity index (χ0n) is 16.5. The highest BCUT2D eigenvalue weighted by Gasteiger charge is 2.22. The van der Waals surface area contributed by atoms with Crippen LogP contribution in [0.25, 0.3) is 0 Å². The van der Waals surface area contributed by atoms with Gasteiger partial charge in [-0.3, -0.25) is 4.79 Å². The molecule has 2 aromatic rings. The number of hydrogen-bond donors (Lipinski definition) is 1. The van der Waals surface area contributed by atoms with Crippen LogP contribution in [0.5, 0.6) is 11.5 Å². The summed E-state index contributed by atoms with van der Waals surface area (Å²) in [4.78, 5) is 23.5. The van der Waals surface area contributed by atoms with Crippen LogP contribution in [0.1, 0.15) is 41.2 Å². The normalized spacial score (nSPS) is 13.3. The molecule has 1 aromatic carbocycles. The molecule has 1 aromatic heterocycles. The number of anilines is 1. The maximum atomic E-state index is 12.3. The molecule has 27 heavy (non-hydrogen) atoms. The fraction of sp³-hybridized carbons (Fsp3) is 0.450. The van der Waals surface area contributed by atoms with Crippen LogP contribution >= 0.6 is 0 Å². The molecule has 2 heterocycles. The number of rotatable bonds is 5. The zero-order valence-corrected chi connectivity index (χ0v) is 16.5. The molecule has 144 valence electrons. The topological polar surface area (TPSA) is 76.6 Å². The van der Waals surface area contributed by atoms with Crippen molar-refractivity contribution < 1.29 is 14.3 Å². The Bertz CT molecular complexity index is 851. The molecule has 0 saturated carbocycles. The fourth-order valence-electron chi connectivity index (χ4n) is 3.20. The first kappa shape index (κ1) is 18.9. The van der Waals surface area contributed by atoms with Gasteiger partial charge in [0.25, 0.3) is 5.91 Å². The van der Waals surface area contributed by atoms with E-state index in [-0.39, 0.29) is 11.9 Å². The molecule has 0 unspecified atom stereocenters. The third-order valence-electron chi connectivity index (χ3n) is 4.50. The summed E-state index contributed by atoms with van der Waals surface area (Å²) >= 11 is 0. The molecule has 0 radical (unpaired) electrons. The summed E-state index contributed by atoms with van der Waals surface area (Å²) in [6.45, 7) is 7.16. The second-order valence-corrected chi connectivity index (χ2v) is 6.97. The SMILES string of the molecule is COc1cc2c(cc1OC)CN(c1nc(C)cc(C(=O)NC(C)C)n1)CC2. The number of benzene rings is 1. The van der Waals surface area contributed by atoms with Crippen LogP contribution in [0.3, 0.4) is 0 Å². The summed E-state index contributed by atoms with van der Waals surface area (Å²) in [5.41, 5.74) is 3.54. The number of carbonyl (C=O) groups excluding carboxylic acids is 1. The van der Waals surface area contributed by atoms with Crippen LogP contribution in [-0.4, -0.2) is 42.7 Å². The summed E-state index contributed by atoms with van der Waals surface area (Å²) in [7, 11) is 3.28. The Morgan fingerprint density at radius 2 is 1.78 bits per heavy atom. The van der Waals surface area contributed by atoms with Gasteiger partial charge < -0.3 is 19.7 Å². The van der Waals surface area contributed by atoms with Crippen LogP contribution in [0.2, 0.25) is 0 Å². The summed E-state index contributed by atoms with van der Waals surface area (Å²) in [6, 6.07) is 5.81. The number of methoxy groups -OCH3 is 2.